The van der Waals surface area contributed by atoms with Crippen LogP contribution in [0, 0.1) is 13.8 Å². The van der Waals surface area contributed by atoms with Crippen LogP contribution in [0.5, 0.6) is 0 Å². The fraction of sp³-hybridized carbons (Fsp3) is 0.769. The highest BCUT2D eigenvalue weighted by molar-refractivity contribution is 5.20. The van der Waals surface area contributed by atoms with E-state index >= 15 is 0 Å². The van der Waals surface area contributed by atoms with E-state index in [2.05, 4.69) is 10.1 Å². The Balaban J connectivity index is 1.70. The van der Waals surface area contributed by atoms with Crippen LogP contribution in [-0.2, 0) is 16.0 Å². The molecule has 5 nitrogen and oxygen atoms in total. The Morgan fingerprint density at radius 3 is 2.72 bits per heavy atom. The number of hydrogen-bond acceptors (Lipinski definition) is 5. The third-order valence-corrected chi connectivity index (χ3v) is 3.87. The van der Waals surface area contributed by atoms with Gasteiger partial charge in [0.05, 0.1) is 25.5 Å². The van der Waals surface area contributed by atoms with Crippen molar-refractivity contribution in [1.82, 2.24) is 10.1 Å². The van der Waals surface area contributed by atoms with E-state index in [-0.39, 0.29) is 5.79 Å². The number of ether oxygens (including phenoxy) is 2. The fourth-order valence-electron chi connectivity index (χ4n) is 2.89. The van der Waals surface area contributed by atoms with Gasteiger partial charge in [0.25, 0.3) is 0 Å². The number of likely N-dealkylation sites (tertiary alicyclic amines) is 1. The van der Waals surface area contributed by atoms with Crippen LogP contribution in [-0.4, -0.2) is 42.1 Å². The predicted octanol–water partition coefficient (Wildman–Crippen LogP) is 1.63. The van der Waals surface area contributed by atoms with E-state index in [1.807, 2.05) is 13.8 Å². The van der Waals surface area contributed by atoms with E-state index in [9.17, 15) is 0 Å². The van der Waals surface area contributed by atoms with E-state index in [1.54, 1.807) is 0 Å². The van der Waals surface area contributed by atoms with Crippen molar-refractivity contribution in [2.24, 2.45) is 0 Å². The lowest BCUT2D eigenvalue weighted by atomic mass is 10.0. The molecule has 3 rings (SSSR count). The standard InChI is InChI=1S/C13H20N2O3/c1-10-12(11(2)18-14-10)8-15-5-3-4-13(9-15)16-6-7-17-13/h3-9H2,1-2H3. The van der Waals surface area contributed by atoms with Crippen LogP contribution in [0.15, 0.2) is 4.52 Å². The Morgan fingerprint density at radius 2 is 2.06 bits per heavy atom. The van der Waals surface area contributed by atoms with Crippen molar-refractivity contribution < 1.29 is 14.0 Å². The molecule has 5 heteroatoms. The number of aromatic nitrogens is 1. The van der Waals surface area contributed by atoms with E-state index < -0.39 is 0 Å². The predicted molar refractivity (Wildman–Crippen MR) is 65.1 cm³/mol. The van der Waals surface area contributed by atoms with E-state index in [0.717, 1.165) is 57.1 Å². The van der Waals surface area contributed by atoms with Crippen LogP contribution < -0.4 is 0 Å². The summed E-state index contributed by atoms with van der Waals surface area (Å²) in [7, 11) is 0. The van der Waals surface area contributed by atoms with Crippen molar-refractivity contribution in [2.45, 2.75) is 39.0 Å². The van der Waals surface area contributed by atoms with Crippen molar-refractivity contribution in [3.8, 4) is 0 Å². The first-order valence-corrected chi connectivity index (χ1v) is 6.61. The summed E-state index contributed by atoms with van der Waals surface area (Å²) < 4.78 is 16.8. The van der Waals surface area contributed by atoms with Crippen molar-refractivity contribution in [2.75, 3.05) is 26.3 Å². The fourth-order valence-corrected chi connectivity index (χ4v) is 2.89. The molecule has 0 bridgehead atoms. The lowest BCUT2D eigenvalue weighted by molar-refractivity contribution is -0.190. The maximum absolute atomic E-state index is 5.79. The van der Waals surface area contributed by atoms with Crippen LogP contribution in [0.25, 0.3) is 0 Å². The van der Waals surface area contributed by atoms with Crippen LogP contribution in [0.1, 0.15) is 29.9 Å². The first-order valence-electron chi connectivity index (χ1n) is 6.61. The molecule has 1 aromatic heterocycles. The van der Waals surface area contributed by atoms with E-state index in [0.29, 0.717) is 0 Å². The van der Waals surface area contributed by atoms with Gasteiger partial charge in [0.15, 0.2) is 5.79 Å². The second-order valence-corrected chi connectivity index (χ2v) is 5.22. The highest BCUT2D eigenvalue weighted by Crippen LogP contribution is 2.31. The molecule has 0 radical (unpaired) electrons. The summed E-state index contributed by atoms with van der Waals surface area (Å²) in [6.45, 7) is 8.20. The largest absolute Gasteiger partial charge is 0.361 e. The first kappa shape index (κ1) is 12.1. The van der Waals surface area contributed by atoms with Crippen LogP contribution in [0.4, 0.5) is 0 Å². The third kappa shape index (κ3) is 2.18. The van der Waals surface area contributed by atoms with Gasteiger partial charge in [-0.15, -0.1) is 0 Å². The van der Waals surface area contributed by atoms with Crippen LogP contribution >= 0.6 is 0 Å². The van der Waals surface area contributed by atoms with Gasteiger partial charge >= 0.3 is 0 Å². The molecule has 2 aliphatic rings. The van der Waals surface area contributed by atoms with Gasteiger partial charge in [-0.3, -0.25) is 4.90 Å². The van der Waals surface area contributed by atoms with E-state index in [4.69, 9.17) is 14.0 Å². The second-order valence-electron chi connectivity index (χ2n) is 5.22. The molecule has 0 amide bonds. The molecule has 0 aliphatic carbocycles. The Bertz CT molecular complexity index is 404. The molecule has 0 saturated carbocycles. The van der Waals surface area contributed by atoms with Gasteiger partial charge in [0.1, 0.15) is 5.76 Å². The van der Waals surface area contributed by atoms with Crippen molar-refractivity contribution in [3.63, 3.8) is 0 Å². The summed E-state index contributed by atoms with van der Waals surface area (Å²) in [5, 5.41) is 4.01. The summed E-state index contributed by atoms with van der Waals surface area (Å²) in [6.07, 6.45) is 2.12. The highest BCUT2D eigenvalue weighted by Gasteiger charge is 2.40. The monoisotopic (exact) mass is 252 g/mol. The smallest absolute Gasteiger partial charge is 0.181 e. The van der Waals surface area contributed by atoms with Gasteiger partial charge in [-0.05, 0) is 26.8 Å². The number of hydrogen-bond donors (Lipinski definition) is 0. The zero-order valence-corrected chi connectivity index (χ0v) is 11.1. The maximum atomic E-state index is 5.79. The quantitative estimate of drug-likeness (QED) is 0.800. The molecule has 0 unspecified atom stereocenters. The number of piperidine rings is 1. The number of aryl methyl sites for hydroxylation is 2. The molecule has 0 aromatic carbocycles. The SMILES string of the molecule is Cc1noc(C)c1CN1CCCC2(C1)OCCO2. The minimum Gasteiger partial charge on any atom is -0.361 e. The van der Waals surface area contributed by atoms with E-state index in [1.165, 1.54) is 5.56 Å². The van der Waals surface area contributed by atoms with Gasteiger partial charge in [-0.1, -0.05) is 5.16 Å². The topological polar surface area (TPSA) is 47.7 Å². The number of rotatable bonds is 2. The van der Waals surface area contributed by atoms with Crippen molar-refractivity contribution in [1.29, 1.82) is 0 Å². The minimum atomic E-state index is -0.350. The Labute approximate surface area is 107 Å². The van der Waals surface area contributed by atoms with Crippen LogP contribution in [0.2, 0.25) is 0 Å². The molecule has 1 spiro atoms. The molecule has 2 saturated heterocycles. The summed E-state index contributed by atoms with van der Waals surface area (Å²) in [4.78, 5) is 2.38. The van der Waals surface area contributed by atoms with Gasteiger partial charge in [-0.2, -0.15) is 0 Å². The summed E-state index contributed by atoms with van der Waals surface area (Å²) >= 11 is 0. The Kier molecular flexibility index (Phi) is 3.13. The first-order chi connectivity index (χ1) is 8.69. The second kappa shape index (κ2) is 4.64. The average molecular weight is 252 g/mol. The number of nitrogens with zero attached hydrogens (tertiary/aromatic N) is 2. The molecule has 100 valence electrons. The van der Waals surface area contributed by atoms with Gasteiger partial charge in [0, 0.05) is 18.5 Å². The molecule has 1 aromatic rings. The maximum Gasteiger partial charge on any atom is 0.181 e. The van der Waals surface area contributed by atoms with Gasteiger partial charge < -0.3 is 14.0 Å². The molecule has 18 heavy (non-hydrogen) atoms. The Hall–Kier alpha value is -0.910. The zero-order valence-electron chi connectivity index (χ0n) is 11.1. The molecule has 2 aliphatic heterocycles. The normalized spacial score (nSPS) is 23.9. The van der Waals surface area contributed by atoms with Crippen molar-refractivity contribution in [3.05, 3.63) is 17.0 Å². The van der Waals surface area contributed by atoms with Crippen molar-refractivity contribution >= 4 is 0 Å². The molecule has 0 atom stereocenters. The molecule has 0 N–H and O–H groups in total. The minimum absolute atomic E-state index is 0.350. The third-order valence-electron chi connectivity index (χ3n) is 3.87. The Morgan fingerprint density at radius 1 is 1.28 bits per heavy atom. The molecule has 2 fully saturated rings. The lowest BCUT2D eigenvalue weighted by Gasteiger charge is -2.38. The summed E-state index contributed by atoms with van der Waals surface area (Å²) in [5.41, 5.74) is 2.19. The van der Waals surface area contributed by atoms with Crippen LogP contribution in [0.3, 0.4) is 0 Å². The zero-order chi connectivity index (χ0) is 12.6. The molecular weight excluding hydrogens is 232 g/mol. The lowest BCUT2D eigenvalue weighted by Crippen LogP contribution is -2.48. The highest BCUT2D eigenvalue weighted by atomic mass is 16.7. The molecular formula is C13H20N2O3. The summed E-state index contributed by atoms with van der Waals surface area (Å²) in [5.74, 6) is 0.567. The summed E-state index contributed by atoms with van der Waals surface area (Å²) in [6, 6.07) is 0. The van der Waals surface area contributed by atoms with Gasteiger partial charge in [-0.25, -0.2) is 0 Å². The van der Waals surface area contributed by atoms with Gasteiger partial charge in [0.2, 0.25) is 0 Å². The molecule has 3 heterocycles. The average Bonchev–Trinajstić information content (AvgIpc) is 2.92.